The van der Waals surface area contributed by atoms with Gasteiger partial charge in [-0.1, -0.05) is 30.3 Å². The molecule has 5 heteroatoms. The summed E-state index contributed by atoms with van der Waals surface area (Å²) >= 11 is 6.14. The molecule has 0 N–H and O–H groups in total. The van der Waals surface area contributed by atoms with E-state index in [9.17, 15) is 17.6 Å². The summed E-state index contributed by atoms with van der Waals surface area (Å²) in [5.74, 6) is -0.362. The van der Waals surface area contributed by atoms with E-state index in [1.807, 2.05) is 0 Å². The van der Waals surface area contributed by atoms with Crippen LogP contribution >= 0.6 is 11.6 Å². The third kappa shape index (κ3) is 3.73. The van der Waals surface area contributed by atoms with Crippen molar-refractivity contribution < 1.29 is 17.6 Å². The van der Waals surface area contributed by atoms with Gasteiger partial charge in [-0.15, -0.1) is 11.6 Å². The van der Waals surface area contributed by atoms with Crippen LogP contribution in [0.1, 0.15) is 22.1 Å². The number of benzene rings is 2. The van der Waals surface area contributed by atoms with Crippen LogP contribution in [-0.2, 0) is 12.6 Å². The van der Waals surface area contributed by atoms with Gasteiger partial charge in [-0.2, -0.15) is 13.2 Å². The van der Waals surface area contributed by atoms with Gasteiger partial charge >= 0.3 is 6.18 Å². The average molecular weight is 303 g/mol. The van der Waals surface area contributed by atoms with Gasteiger partial charge in [0, 0.05) is 0 Å². The number of alkyl halides is 4. The smallest absolute Gasteiger partial charge is 0.207 e. The summed E-state index contributed by atoms with van der Waals surface area (Å²) in [5, 5.41) is -0.595. The first-order valence-corrected chi connectivity index (χ1v) is 6.35. The van der Waals surface area contributed by atoms with Crippen molar-refractivity contribution in [3.8, 4) is 0 Å². The maximum atomic E-state index is 12.8. The zero-order valence-electron chi connectivity index (χ0n) is 10.3. The van der Waals surface area contributed by atoms with Crippen molar-refractivity contribution in [2.45, 2.75) is 18.0 Å². The second-order valence-electron chi connectivity index (χ2n) is 4.42. The van der Waals surface area contributed by atoms with Crippen molar-refractivity contribution in [1.82, 2.24) is 0 Å². The summed E-state index contributed by atoms with van der Waals surface area (Å²) in [5.41, 5.74) is 0.439. The van der Waals surface area contributed by atoms with Crippen LogP contribution in [0.3, 0.4) is 0 Å². The molecule has 20 heavy (non-hydrogen) atoms. The van der Waals surface area contributed by atoms with Gasteiger partial charge in [0.25, 0.3) is 0 Å². The van der Waals surface area contributed by atoms with E-state index in [0.717, 1.165) is 17.7 Å². The van der Waals surface area contributed by atoms with Crippen LogP contribution < -0.4 is 0 Å². The van der Waals surface area contributed by atoms with Gasteiger partial charge in [0.15, 0.2) is 0 Å². The molecule has 0 aliphatic carbocycles. The van der Waals surface area contributed by atoms with Crippen LogP contribution in [-0.4, -0.2) is 0 Å². The molecular formula is C15H11ClF4. The van der Waals surface area contributed by atoms with E-state index in [2.05, 4.69) is 0 Å². The van der Waals surface area contributed by atoms with Gasteiger partial charge in [-0.3, -0.25) is 0 Å². The first-order valence-electron chi connectivity index (χ1n) is 5.92. The number of halogens is 5. The minimum Gasteiger partial charge on any atom is -0.207 e. The Kier molecular flexibility index (Phi) is 4.33. The SMILES string of the molecule is Fc1ccc(CC(Cl)c2cccc(C(F)(F)F)c2)cc1. The van der Waals surface area contributed by atoms with E-state index in [0.29, 0.717) is 12.0 Å². The monoisotopic (exact) mass is 302 g/mol. The predicted octanol–water partition coefficient (Wildman–Crippen LogP) is 5.37. The van der Waals surface area contributed by atoms with E-state index in [1.165, 1.54) is 18.2 Å². The van der Waals surface area contributed by atoms with Crippen molar-refractivity contribution in [1.29, 1.82) is 0 Å². The lowest BCUT2D eigenvalue weighted by Gasteiger charge is -2.13. The standard InChI is InChI=1S/C15H11ClF4/c16-14(8-10-4-6-13(17)7-5-10)11-2-1-3-12(9-11)15(18,19)20/h1-7,9,14H,8H2. The zero-order chi connectivity index (χ0) is 14.8. The lowest BCUT2D eigenvalue weighted by atomic mass is 10.0. The fourth-order valence-corrected chi connectivity index (χ4v) is 2.17. The second kappa shape index (κ2) is 5.83. The Morgan fingerprint density at radius 3 is 2.25 bits per heavy atom. The largest absolute Gasteiger partial charge is 0.416 e. The summed E-state index contributed by atoms with van der Waals surface area (Å²) < 4.78 is 50.6. The Labute approximate surface area is 119 Å². The molecule has 0 nitrogen and oxygen atoms in total. The van der Waals surface area contributed by atoms with Crippen LogP contribution in [0.15, 0.2) is 48.5 Å². The molecule has 2 rings (SSSR count). The van der Waals surface area contributed by atoms with Crippen molar-refractivity contribution in [2.24, 2.45) is 0 Å². The number of rotatable bonds is 3. The Hall–Kier alpha value is -1.55. The third-order valence-electron chi connectivity index (χ3n) is 2.90. The predicted molar refractivity (Wildman–Crippen MR) is 70.1 cm³/mol. The summed E-state index contributed by atoms with van der Waals surface area (Å²) in [4.78, 5) is 0. The highest BCUT2D eigenvalue weighted by Gasteiger charge is 2.30. The van der Waals surface area contributed by atoms with E-state index in [1.54, 1.807) is 18.2 Å². The second-order valence-corrected chi connectivity index (χ2v) is 4.95. The molecule has 2 aromatic rings. The molecule has 0 saturated carbocycles. The molecular weight excluding hydrogens is 292 g/mol. The minimum atomic E-state index is -4.39. The first-order chi connectivity index (χ1) is 9.36. The van der Waals surface area contributed by atoms with Gasteiger partial charge in [-0.05, 0) is 35.7 Å². The summed E-state index contributed by atoms with van der Waals surface area (Å²) in [7, 11) is 0. The number of hydrogen-bond donors (Lipinski definition) is 0. The molecule has 0 amide bonds. The van der Waals surface area contributed by atoms with Crippen LogP contribution in [0.2, 0.25) is 0 Å². The van der Waals surface area contributed by atoms with Crippen molar-refractivity contribution in [3.05, 3.63) is 71.0 Å². The highest BCUT2D eigenvalue weighted by Crippen LogP contribution is 2.33. The zero-order valence-corrected chi connectivity index (χ0v) is 11.0. The Morgan fingerprint density at radius 2 is 1.65 bits per heavy atom. The highest BCUT2D eigenvalue weighted by atomic mass is 35.5. The molecule has 0 aliphatic heterocycles. The maximum absolute atomic E-state index is 12.8. The van der Waals surface area contributed by atoms with Crippen LogP contribution in [0.4, 0.5) is 17.6 Å². The lowest BCUT2D eigenvalue weighted by molar-refractivity contribution is -0.137. The Balaban J connectivity index is 2.17. The van der Waals surface area contributed by atoms with Crippen molar-refractivity contribution in [2.75, 3.05) is 0 Å². The molecule has 0 spiro atoms. The van der Waals surface area contributed by atoms with Crippen molar-refractivity contribution in [3.63, 3.8) is 0 Å². The normalized spacial score (nSPS) is 13.2. The van der Waals surface area contributed by atoms with Gasteiger partial charge in [0.2, 0.25) is 0 Å². The van der Waals surface area contributed by atoms with E-state index < -0.39 is 17.1 Å². The molecule has 1 unspecified atom stereocenters. The Bertz CT molecular complexity index is 575. The summed E-state index contributed by atoms with van der Waals surface area (Å²) in [6.07, 6.45) is -4.05. The summed E-state index contributed by atoms with van der Waals surface area (Å²) in [6.45, 7) is 0. The number of hydrogen-bond acceptors (Lipinski definition) is 0. The van der Waals surface area contributed by atoms with E-state index >= 15 is 0 Å². The highest BCUT2D eigenvalue weighted by molar-refractivity contribution is 6.20. The molecule has 0 aromatic heterocycles. The molecule has 0 heterocycles. The molecule has 106 valence electrons. The minimum absolute atomic E-state index is 0.336. The van der Waals surface area contributed by atoms with Crippen LogP contribution in [0, 0.1) is 5.82 Å². The van der Waals surface area contributed by atoms with Crippen LogP contribution in [0.25, 0.3) is 0 Å². The Morgan fingerprint density at radius 1 is 1.00 bits per heavy atom. The molecule has 0 radical (unpaired) electrons. The molecule has 0 fully saturated rings. The fraction of sp³-hybridized carbons (Fsp3) is 0.200. The topological polar surface area (TPSA) is 0 Å². The van der Waals surface area contributed by atoms with Gasteiger partial charge in [0.05, 0.1) is 10.9 Å². The molecule has 0 saturated heterocycles. The van der Waals surface area contributed by atoms with Gasteiger partial charge in [-0.25, -0.2) is 4.39 Å². The van der Waals surface area contributed by atoms with E-state index in [4.69, 9.17) is 11.6 Å². The maximum Gasteiger partial charge on any atom is 0.416 e. The van der Waals surface area contributed by atoms with E-state index in [-0.39, 0.29) is 5.82 Å². The fourth-order valence-electron chi connectivity index (χ4n) is 1.86. The summed E-state index contributed by atoms with van der Waals surface area (Å²) in [6, 6.07) is 10.7. The first kappa shape index (κ1) is 14.9. The molecule has 1 atom stereocenters. The van der Waals surface area contributed by atoms with Crippen molar-refractivity contribution >= 4 is 11.6 Å². The lowest BCUT2D eigenvalue weighted by Crippen LogP contribution is -2.06. The van der Waals surface area contributed by atoms with Crippen LogP contribution in [0.5, 0.6) is 0 Å². The van der Waals surface area contributed by atoms with Gasteiger partial charge < -0.3 is 0 Å². The molecule has 0 aliphatic rings. The third-order valence-corrected chi connectivity index (χ3v) is 3.31. The average Bonchev–Trinajstić information content (AvgIpc) is 2.40. The molecule has 2 aromatic carbocycles. The molecule has 0 bridgehead atoms. The van der Waals surface area contributed by atoms with Gasteiger partial charge in [0.1, 0.15) is 5.82 Å². The quantitative estimate of drug-likeness (QED) is 0.528.